The molecule has 20 heavy (non-hydrogen) atoms. The number of hydrogen-bond donors (Lipinski definition) is 2. The Balaban J connectivity index is 2.10. The number of aliphatic hydroxyl groups excluding tert-OH is 1. The molecule has 0 radical (unpaired) electrons. The van der Waals surface area contributed by atoms with Gasteiger partial charge in [0, 0.05) is 17.7 Å². The van der Waals surface area contributed by atoms with Gasteiger partial charge in [0.25, 0.3) is 5.91 Å². The zero-order valence-corrected chi connectivity index (χ0v) is 11.1. The van der Waals surface area contributed by atoms with Crippen molar-refractivity contribution in [3.63, 3.8) is 0 Å². The summed E-state index contributed by atoms with van der Waals surface area (Å²) in [6, 6.07) is 7.12. The first kappa shape index (κ1) is 13.9. The first-order valence-corrected chi connectivity index (χ1v) is 6.24. The Bertz CT molecular complexity index is 648. The van der Waals surface area contributed by atoms with Crippen molar-refractivity contribution in [3.05, 3.63) is 53.5 Å². The highest BCUT2D eigenvalue weighted by Crippen LogP contribution is 2.15. The molecule has 1 aromatic carbocycles. The van der Waals surface area contributed by atoms with Crippen LogP contribution in [0.3, 0.4) is 0 Å². The lowest BCUT2D eigenvalue weighted by molar-refractivity contribution is 0.102. The Labute approximate surface area is 117 Å². The topological polar surface area (TPSA) is 62.5 Å². The number of aryl methyl sites for hydroxylation is 1. The largest absolute Gasteiger partial charge is 0.472 e. The number of nitrogens with one attached hydrogen (secondary N) is 1. The third-order valence-corrected chi connectivity index (χ3v) is 2.73. The van der Waals surface area contributed by atoms with Crippen LogP contribution in [0.25, 0.3) is 0 Å². The number of carbonyl (C=O) groups excluding carboxylic acids is 1. The van der Waals surface area contributed by atoms with Crippen LogP contribution in [0.1, 0.15) is 27.9 Å². The summed E-state index contributed by atoms with van der Waals surface area (Å²) in [5.41, 5.74) is 3.05. The van der Waals surface area contributed by atoms with Crippen LogP contribution in [0.2, 0.25) is 0 Å². The van der Waals surface area contributed by atoms with Crippen LogP contribution in [-0.4, -0.2) is 17.6 Å². The van der Waals surface area contributed by atoms with E-state index in [1.807, 2.05) is 19.1 Å². The van der Waals surface area contributed by atoms with Gasteiger partial charge >= 0.3 is 0 Å². The van der Waals surface area contributed by atoms with E-state index in [0.29, 0.717) is 17.7 Å². The van der Waals surface area contributed by atoms with Crippen molar-refractivity contribution in [2.24, 2.45) is 0 Å². The molecule has 0 saturated heterocycles. The first-order valence-electron chi connectivity index (χ1n) is 6.24. The van der Waals surface area contributed by atoms with Crippen molar-refractivity contribution in [1.82, 2.24) is 0 Å². The van der Waals surface area contributed by atoms with E-state index in [2.05, 4.69) is 17.2 Å². The van der Waals surface area contributed by atoms with Gasteiger partial charge in [0.15, 0.2) is 0 Å². The van der Waals surface area contributed by atoms with Crippen LogP contribution in [0.4, 0.5) is 5.69 Å². The van der Waals surface area contributed by atoms with Crippen molar-refractivity contribution in [2.45, 2.75) is 13.3 Å². The van der Waals surface area contributed by atoms with Crippen molar-refractivity contribution >= 4 is 11.6 Å². The summed E-state index contributed by atoms with van der Waals surface area (Å²) in [5, 5.41) is 11.5. The molecule has 0 aliphatic rings. The number of aliphatic hydroxyl groups is 1. The van der Waals surface area contributed by atoms with E-state index in [4.69, 9.17) is 9.52 Å². The van der Waals surface area contributed by atoms with Gasteiger partial charge < -0.3 is 14.8 Å². The maximum absolute atomic E-state index is 11.9. The van der Waals surface area contributed by atoms with Gasteiger partial charge in [0.05, 0.1) is 18.4 Å². The second kappa shape index (κ2) is 6.60. The summed E-state index contributed by atoms with van der Waals surface area (Å²) in [6.07, 6.45) is 3.31. The molecule has 0 fully saturated rings. The van der Waals surface area contributed by atoms with Crippen LogP contribution in [0, 0.1) is 18.8 Å². The van der Waals surface area contributed by atoms with E-state index in [1.54, 1.807) is 12.1 Å². The smallest absolute Gasteiger partial charge is 0.258 e. The van der Waals surface area contributed by atoms with E-state index in [1.165, 1.54) is 12.5 Å². The number of anilines is 1. The minimum atomic E-state index is -0.211. The lowest BCUT2D eigenvalue weighted by atomic mass is 10.1. The van der Waals surface area contributed by atoms with Crippen LogP contribution >= 0.6 is 0 Å². The molecule has 1 aromatic heterocycles. The molecule has 0 saturated carbocycles. The standard InChI is InChI=1S/C16H15NO3/c1-12-10-15(6-5-13(12)4-2-3-8-18)17-16(19)14-7-9-20-11-14/h5-7,9-11,18H,3,8H2,1H3,(H,17,19). The fourth-order valence-corrected chi connectivity index (χ4v) is 1.69. The third-order valence-electron chi connectivity index (χ3n) is 2.73. The summed E-state index contributed by atoms with van der Waals surface area (Å²) in [4.78, 5) is 11.9. The number of amides is 1. The third kappa shape index (κ3) is 3.50. The van der Waals surface area contributed by atoms with Gasteiger partial charge in [0.1, 0.15) is 6.26 Å². The maximum Gasteiger partial charge on any atom is 0.258 e. The summed E-state index contributed by atoms with van der Waals surface area (Å²) >= 11 is 0. The number of hydrogen-bond acceptors (Lipinski definition) is 3. The SMILES string of the molecule is Cc1cc(NC(=O)c2ccoc2)ccc1C#CCCO. The molecule has 0 spiro atoms. The predicted octanol–water partition coefficient (Wildman–Crippen LogP) is 2.57. The highest BCUT2D eigenvalue weighted by atomic mass is 16.3. The fraction of sp³-hybridized carbons (Fsp3) is 0.188. The number of furan rings is 1. The van der Waals surface area contributed by atoms with Gasteiger partial charge in [-0.25, -0.2) is 0 Å². The molecule has 0 unspecified atom stereocenters. The molecule has 4 heteroatoms. The van der Waals surface area contributed by atoms with Crippen LogP contribution in [0.15, 0.2) is 41.2 Å². The summed E-state index contributed by atoms with van der Waals surface area (Å²) < 4.78 is 4.87. The summed E-state index contributed by atoms with van der Waals surface area (Å²) in [5.74, 6) is 5.65. The summed E-state index contributed by atoms with van der Waals surface area (Å²) in [6.45, 7) is 1.99. The van der Waals surface area contributed by atoms with Crippen LogP contribution in [0.5, 0.6) is 0 Å². The molecule has 1 heterocycles. The summed E-state index contributed by atoms with van der Waals surface area (Å²) in [7, 11) is 0. The normalized spacial score (nSPS) is 9.70. The highest BCUT2D eigenvalue weighted by molar-refractivity contribution is 6.04. The molecule has 0 aliphatic carbocycles. The number of rotatable bonds is 3. The van der Waals surface area contributed by atoms with Crippen LogP contribution in [-0.2, 0) is 0 Å². The lowest BCUT2D eigenvalue weighted by Crippen LogP contribution is -2.10. The van der Waals surface area contributed by atoms with Crippen molar-refractivity contribution < 1.29 is 14.3 Å². The first-order chi connectivity index (χ1) is 9.70. The molecular weight excluding hydrogens is 254 g/mol. The second-order valence-corrected chi connectivity index (χ2v) is 4.27. The van der Waals surface area contributed by atoms with E-state index in [9.17, 15) is 4.79 Å². The molecular formula is C16H15NO3. The number of carbonyl (C=O) groups is 1. The van der Waals surface area contributed by atoms with Gasteiger partial charge in [-0.2, -0.15) is 0 Å². The minimum Gasteiger partial charge on any atom is -0.472 e. The average molecular weight is 269 g/mol. The molecule has 2 rings (SSSR count). The van der Waals surface area contributed by atoms with E-state index >= 15 is 0 Å². The Kier molecular flexibility index (Phi) is 4.59. The molecule has 1 amide bonds. The van der Waals surface area contributed by atoms with E-state index in [0.717, 1.165) is 11.1 Å². The molecule has 2 N–H and O–H groups in total. The Morgan fingerprint density at radius 2 is 2.25 bits per heavy atom. The van der Waals surface area contributed by atoms with Gasteiger partial charge in [0.2, 0.25) is 0 Å². The predicted molar refractivity (Wildman–Crippen MR) is 76.4 cm³/mol. The Morgan fingerprint density at radius 1 is 1.40 bits per heavy atom. The molecule has 0 bridgehead atoms. The molecule has 0 atom stereocenters. The average Bonchev–Trinajstić information content (AvgIpc) is 2.95. The van der Waals surface area contributed by atoms with Crippen molar-refractivity contribution in [1.29, 1.82) is 0 Å². The quantitative estimate of drug-likeness (QED) is 0.842. The maximum atomic E-state index is 11.9. The lowest BCUT2D eigenvalue weighted by Gasteiger charge is -2.06. The van der Waals surface area contributed by atoms with Crippen molar-refractivity contribution in [2.75, 3.05) is 11.9 Å². The van der Waals surface area contributed by atoms with E-state index < -0.39 is 0 Å². The zero-order chi connectivity index (χ0) is 14.4. The van der Waals surface area contributed by atoms with Gasteiger partial charge in [-0.1, -0.05) is 11.8 Å². The molecule has 102 valence electrons. The van der Waals surface area contributed by atoms with Crippen molar-refractivity contribution in [3.8, 4) is 11.8 Å². The van der Waals surface area contributed by atoms with Gasteiger partial charge in [-0.05, 0) is 36.8 Å². The molecule has 0 aliphatic heterocycles. The Morgan fingerprint density at radius 3 is 2.90 bits per heavy atom. The Hall–Kier alpha value is -2.51. The zero-order valence-electron chi connectivity index (χ0n) is 11.1. The van der Waals surface area contributed by atoms with Gasteiger partial charge in [-0.15, -0.1) is 0 Å². The van der Waals surface area contributed by atoms with Gasteiger partial charge in [-0.3, -0.25) is 4.79 Å². The second-order valence-electron chi connectivity index (χ2n) is 4.27. The number of benzene rings is 1. The molecule has 4 nitrogen and oxygen atoms in total. The van der Waals surface area contributed by atoms with E-state index in [-0.39, 0.29) is 12.5 Å². The van der Waals surface area contributed by atoms with Crippen LogP contribution < -0.4 is 5.32 Å². The highest BCUT2D eigenvalue weighted by Gasteiger charge is 2.07. The monoisotopic (exact) mass is 269 g/mol. The minimum absolute atomic E-state index is 0.0604. The molecule has 2 aromatic rings. The fourth-order valence-electron chi connectivity index (χ4n) is 1.69.